The molecule has 220 valence electrons. The molecule has 0 amide bonds. The lowest BCUT2D eigenvalue weighted by Crippen LogP contribution is -2.09. The minimum absolute atomic E-state index is 0.308. The Bertz CT molecular complexity index is 1430. The zero-order chi connectivity index (χ0) is 29.7. The molecule has 0 aliphatic rings. The fraction of sp³-hybridized carbons (Fsp3) is 0.324. The van der Waals surface area contributed by atoms with Crippen LogP contribution in [0.3, 0.4) is 0 Å². The second-order valence-electron chi connectivity index (χ2n) is 10.2. The van der Waals surface area contributed by atoms with Gasteiger partial charge in [-0.25, -0.2) is 4.98 Å². The summed E-state index contributed by atoms with van der Waals surface area (Å²) in [5.74, 6) is 1.76. The minimum Gasteiger partial charge on any atom is -0.497 e. The first-order valence-corrected chi connectivity index (χ1v) is 14.2. The molecule has 0 saturated carbocycles. The maximum Gasteiger partial charge on any atom is 0.306 e. The molecule has 8 heteroatoms. The van der Waals surface area contributed by atoms with Crippen LogP contribution in [-0.2, 0) is 22.8 Å². The minimum atomic E-state index is -0.744. The highest BCUT2D eigenvalue weighted by atomic mass is 16.6. The van der Waals surface area contributed by atoms with Gasteiger partial charge in [0.05, 0.1) is 18.7 Å². The number of rotatable bonds is 16. The first kappa shape index (κ1) is 30.4. The topological polar surface area (TPSA) is 103 Å². The summed E-state index contributed by atoms with van der Waals surface area (Å²) in [5, 5.41) is 13.6. The van der Waals surface area contributed by atoms with E-state index in [9.17, 15) is 4.79 Å². The first-order chi connectivity index (χ1) is 20.4. The molecule has 4 aromatic rings. The van der Waals surface area contributed by atoms with Crippen molar-refractivity contribution in [1.82, 2.24) is 4.98 Å². The van der Waals surface area contributed by atoms with Crippen LogP contribution in [0.5, 0.6) is 11.5 Å². The number of oxime groups is 1. The van der Waals surface area contributed by atoms with E-state index >= 15 is 0 Å². The number of oxazole rings is 1. The highest BCUT2D eigenvalue weighted by molar-refractivity contribution is 6.00. The van der Waals surface area contributed by atoms with Crippen LogP contribution in [0, 0.1) is 12.8 Å². The molecule has 0 aliphatic carbocycles. The van der Waals surface area contributed by atoms with Crippen molar-refractivity contribution in [2.45, 2.75) is 59.2 Å². The van der Waals surface area contributed by atoms with Crippen molar-refractivity contribution < 1.29 is 28.6 Å². The molecule has 1 unspecified atom stereocenters. The van der Waals surface area contributed by atoms with Gasteiger partial charge in [-0.15, -0.1) is 0 Å². The number of carboxylic acids is 1. The van der Waals surface area contributed by atoms with E-state index in [1.54, 1.807) is 14.0 Å². The highest BCUT2D eigenvalue weighted by Gasteiger charge is 2.13. The number of aryl methyl sites for hydroxylation is 1. The summed E-state index contributed by atoms with van der Waals surface area (Å²) >= 11 is 0. The number of methoxy groups -OCH3 is 1. The van der Waals surface area contributed by atoms with Gasteiger partial charge < -0.3 is 23.8 Å². The molecule has 1 heterocycles. The quantitative estimate of drug-likeness (QED) is 0.0832. The van der Waals surface area contributed by atoms with Crippen molar-refractivity contribution in [3.63, 3.8) is 0 Å². The van der Waals surface area contributed by atoms with Crippen molar-refractivity contribution in [2.75, 3.05) is 7.11 Å². The molecule has 3 aromatic carbocycles. The van der Waals surface area contributed by atoms with Crippen LogP contribution in [0.2, 0.25) is 0 Å². The van der Waals surface area contributed by atoms with E-state index < -0.39 is 5.97 Å². The molecule has 1 aromatic heterocycles. The van der Waals surface area contributed by atoms with Crippen molar-refractivity contribution in [3.05, 3.63) is 101 Å². The number of aliphatic carboxylic acids is 1. The third-order valence-corrected chi connectivity index (χ3v) is 7.01. The summed E-state index contributed by atoms with van der Waals surface area (Å²) in [7, 11) is 1.64. The second-order valence-corrected chi connectivity index (χ2v) is 10.2. The normalized spacial score (nSPS) is 12.1. The molecule has 1 atom stereocenters. The second kappa shape index (κ2) is 15.4. The lowest BCUT2D eigenvalue weighted by atomic mass is 10.00. The molecule has 8 nitrogen and oxygen atoms in total. The van der Waals surface area contributed by atoms with Gasteiger partial charge in [-0.05, 0) is 85.8 Å². The smallest absolute Gasteiger partial charge is 0.306 e. The van der Waals surface area contributed by atoms with E-state index in [0.717, 1.165) is 71.0 Å². The van der Waals surface area contributed by atoms with Crippen LogP contribution in [0.1, 0.15) is 61.6 Å². The maximum atomic E-state index is 11.1. The molecule has 0 bridgehead atoms. The van der Waals surface area contributed by atoms with Gasteiger partial charge in [-0.3, -0.25) is 4.79 Å². The van der Waals surface area contributed by atoms with E-state index in [-0.39, 0.29) is 5.92 Å². The largest absolute Gasteiger partial charge is 0.497 e. The van der Waals surface area contributed by atoms with Gasteiger partial charge in [0.25, 0.3) is 0 Å². The van der Waals surface area contributed by atoms with Gasteiger partial charge in [0.1, 0.15) is 36.2 Å². The van der Waals surface area contributed by atoms with E-state index in [2.05, 4.69) is 10.1 Å². The summed E-state index contributed by atoms with van der Waals surface area (Å²) in [6, 6.07) is 25.2. The Morgan fingerprint density at radius 2 is 1.64 bits per heavy atom. The lowest BCUT2D eigenvalue weighted by molar-refractivity contribution is -0.141. The Morgan fingerprint density at radius 1 is 0.929 bits per heavy atom. The molecule has 0 aliphatic heterocycles. The monoisotopic (exact) mass is 570 g/mol. The lowest BCUT2D eigenvalue weighted by Gasteiger charge is -2.10. The molecule has 0 spiro atoms. The number of hydrogen-bond acceptors (Lipinski definition) is 7. The summed E-state index contributed by atoms with van der Waals surface area (Å²) < 4.78 is 17.1. The first-order valence-electron chi connectivity index (χ1n) is 14.2. The average Bonchev–Trinajstić information content (AvgIpc) is 3.40. The van der Waals surface area contributed by atoms with Crippen LogP contribution in [0.4, 0.5) is 0 Å². The third kappa shape index (κ3) is 8.96. The molecule has 1 N–H and O–H groups in total. The SMILES string of the molecule is COc1ccc(C(CCCCCC(C)C(=O)O)=NOCc2ccc(OCc3nc(-c4ccccc4)oc3C)cc2)cc1. The number of aromatic nitrogens is 1. The summed E-state index contributed by atoms with van der Waals surface area (Å²) in [6.07, 6.45) is 4.09. The summed E-state index contributed by atoms with van der Waals surface area (Å²) in [5.41, 5.74) is 4.48. The van der Waals surface area contributed by atoms with Crippen LogP contribution in [0.15, 0.2) is 88.4 Å². The van der Waals surface area contributed by atoms with Crippen molar-refractivity contribution >= 4 is 11.7 Å². The van der Waals surface area contributed by atoms with Gasteiger partial charge in [0, 0.05) is 5.56 Å². The van der Waals surface area contributed by atoms with Gasteiger partial charge in [-0.2, -0.15) is 0 Å². The number of benzene rings is 3. The van der Waals surface area contributed by atoms with Crippen LogP contribution < -0.4 is 9.47 Å². The van der Waals surface area contributed by atoms with Crippen LogP contribution in [0.25, 0.3) is 11.5 Å². The molecule has 4 rings (SSSR count). The van der Waals surface area contributed by atoms with E-state index in [1.807, 2.05) is 85.8 Å². The molecule has 42 heavy (non-hydrogen) atoms. The number of unbranched alkanes of at least 4 members (excludes halogenated alkanes) is 2. The summed E-state index contributed by atoms with van der Waals surface area (Å²) in [4.78, 5) is 21.4. The van der Waals surface area contributed by atoms with Crippen molar-refractivity contribution in [1.29, 1.82) is 0 Å². The van der Waals surface area contributed by atoms with Crippen molar-refractivity contribution in [2.24, 2.45) is 11.1 Å². The Labute approximate surface area is 247 Å². The fourth-order valence-electron chi connectivity index (χ4n) is 4.35. The van der Waals surface area contributed by atoms with E-state index in [4.69, 9.17) is 23.8 Å². The maximum absolute atomic E-state index is 11.1. The number of carbonyl (C=O) groups is 1. The number of ether oxygens (including phenoxy) is 2. The zero-order valence-electron chi connectivity index (χ0n) is 24.4. The van der Waals surface area contributed by atoms with Gasteiger partial charge >= 0.3 is 5.97 Å². The Hall–Kier alpha value is -4.59. The number of nitrogens with zero attached hydrogens (tertiary/aromatic N) is 2. The van der Waals surface area contributed by atoms with Crippen molar-refractivity contribution in [3.8, 4) is 23.0 Å². The standard InChI is InChI=1S/C34H38N2O6/c1-24(34(37)38)10-6-4-9-13-31(27-16-20-29(39-3)21-17-27)36-41-22-26-14-18-30(19-15-26)40-23-32-25(2)42-33(35-32)28-11-7-5-8-12-28/h5,7-8,11-12,14-21,24H,4,6,9-10,13,22-23H2,1-3H3,(H,37,38). The molecule has 0 fully saturated rings. The fourth-order valence-corrected chi connectivity index (χ4v) is 4.35. The predicted molar refractivity (Wildman–Crippen MR) is 162 cm³/mol. The van der Waals surface area contributed by atoms with E-state index in [1.165, 1.54) is 0 Å². The predicted octanol–water partition coefficient (Wildman–Crippen LogP) is 7.83. The van der Waals surface area contributed by atoms with E-state index in [0.29, 0.717) is 25.5 Å². The number of carboxylic acid groups (broad SMARTS) is 1. The molecule has 0 saturated heterocycles. The molecular weight excluding hydrogens is 532 g/mol. The van der Waals surface area contributed by atoms with Gasteiger partial charge in [0.2, 0.25) is 5.89 Å². The van der Waals surface area contributed by atoms with Crippen LogP contribution >= 0.6 is 0 Å². The Balaban J connectivity index is 1.30. The van der Waals surface area contributed by atoms with Gasteiger partial charge in [-0.1, -0.05) is 55.3 Å². The Kier molecular flexibility index (Phi) is 11.2. The highest BCUT2D eigenvalue weighted by Crippen LogP contribution is 2.23. The molecule has 0 radical (unpaired) electrons. The van der Waals surface area contributed by atoms with Crippen LogP contribution in [-0.4, -0.2) is 28.9 Å². The van der Waals surface area contributed by atoms with Gasteiger partial charge in [0.15, 0.2) is 0 Å². The zero-order valence-corrected chi connectivity index (χ0v) is 24.4. The average molecular weight is 571 g/mol. The summed E-state index contributed by atoms with van der Waals surface area (Å²) in [6.45, 7) is 4.26. The number of hydrogen-bond donors (Lipinski definition) is 1. The third-order valence-electron chi connectivity index (χ3n) is 7.01. The molecular formula is C34H38N2O6. The Morgan fingerprint density at radius 3 is 2.33 bits per heavy atom.